The third-order valence-electron chi connectivity index (χ3n) is 3.29. The summed E-state index contributed by atoms with van der Waals surface area (Å²) in [4.78, 5) is 7.15. The second-order valence-electron chi connectivity index (χ2n) is 4.94. The predicted octanol–water partition coefficient (Wildman–Crippen LogP) is 3.33. The highest BCUT2D eigenvalue weighted by atomic mass is 79.9. The van der Waals surface area contributed by atoms with Crippen LogP contribution in [0.1, 0.15) is 38.2 Å². The highest BCUT2D eigenvalue weighted by molar-refractivity contribution is 9.10. The van der Waals surface area contributed by atoms with Gasteiger partial charge in [-0.15, -0.1) is 0 Å². The topological polar surface area (TPSA) is 28.2 Å². The van der Waals surface area contributed by atoms with Crippen LogP contribution in [0.5, 0.6) is 0 Å². The average Bonchev–Trinajstić information content (AvgIpc) is 3.17. The molecule has 100 valence electrons. The molecule has 4 heteroatoms. The lowest BCUT2D eigenvalue weighted by Gasteiger charge is -2.26. The van der Waals surface area contributed by atoms with E-state index >= 15 is 0 Å². The minimum atomic E-state index is 0.723. The summed E-state index contributed by atoms with van der Waals surface area (Å²) in [5.74, 6) is 1.17. The van der Waals surface area contributed by atoms with Gasteiger partial charge in [0.1, 0.15) is 5.82 Å². The Bertz CT molecular complexity index is 391. The molecule has 0 saturated heterocycles. The second-order valence-corrected chi connectivity index (χ2v) is 5.86. The largest absolute Gasteiger partial charge is 0.353 e. The van der Waals surface area contributed by atoms with E-state index < -0.39 is 0 Å². The van der Waals surface area contributed by atoms with Crippen LogP contribution in [0.25, 0.3) is 0 Å². The normalized spacial score (nSPS) is 14.8. The number of aromatic nitrogens is 1. The van der Waals surface area contributed by atoms with Crippen molar-refractivity contribution in [2.75, 3.05) is 18.5 Å². The van der Waals surface area contributed by atoms with Crippen molar-refractivity contribution < 1.29 is 0 Å². The molecule has 1 aromatic rings. The SMILES string of the molecule is CCCCN(c1ncc(Br)cc1CNC)C1CC1. The first-order valence-electron chi connectivity index (χ1n) is 6.82. The molecule has 0 spiro atoms. The molecule has 0 unspecified atom stereocenters. The van der Waals surface area contributed by atoms with Gasteiger partial charge in [0, 0.05) is 35.4 Å². The van der Waals surface area contributed by atoms with Crippen molar-refractivity contribution in [3.63, 3.8) is 0 Å². The number of hydrogen-bond acceptors (Lipinski definition) is 3. The van der Waals surface area contributed by atoms with Gasteiger partial charge in [0.25, 0.3) is 0 Å². The maximum atomic E-state index is 4.65. The Hall–Kier alpha value is -0.610. The first kappa shape index (κ1) is 13.8. The first-order valence-corrected chi connectivity index (χ1v) is 7.61. The van der Waals surface area contributed by atoms with Crippen LogP contribution in [0, 0.1) is 0 Å². The standard InChI is InChI=1S/C14H22BrN3/c1-3-4-7-18(13-5-6-13)14-11(9-16-2)8-12(15)10-17-14/h8,10,13,16H,3-7,9H2,1-2H3. The van der Waals surface area contributed by atoms with E-state index in [-0.39, 0.29) is 0 Å². The molecule has 2 rings (SSSR count). The van der Waals surface area contributed by atoms with Crippen molar-refractivity contribution in [3.8, 4) is 0 Å². The third kappa shape index (κ3) is 3.45. The van der Waals surface area contributed by atoms with Crippen LogP contribution >= 0.6 is 15.9 Å². The van der Waals surface area contributed by atoms with Gasteiger partial charge in [-0.2, -0.15) is 0 Å². The van der Waals surface area contributed by atoms with Crippen LogP contribution < -0.4 is 10.2 Å². The van der Waals surface area contributed by atoms with Crippen molar-refractivity contribution in [3.05, 3.63) is 22.3 Å². The van der Waals surface area contributed by atoms with Crippen molar-refractivity contribution in [1.29, 1.82) is 0 Å². The molecule has 0 aliphatic heterocycles. The molecule has 1 aliphatic rings. The van der Waals surface area contributed by atoms with Gasteiger partial charge in [-0.3, -0.25) is 0 Å². The molecule has 1 heterocycles. The van der Waals surface area contributed by atoms with E-state index in [1.54, 1.807) is 0 Å². The summed E-state index contributed by atoms with van der Waals surface area (Å²) in [5, 5.41) is 3.23. The van der Waals surface area contributed by atoms with Crippen molar-refractivity contribution in [1.82, 2.24) is 10.3 Å². The summed E-state index contributed by atoms with van der Waals surface area (Å²) >= 11 is 3.51. The summed E-state index contributed by atoms with van der Waals surface area (Å²) < 4.78 is 1.06. The van der Waals surface area contributed by atoms with E-state index in [2.05, 4.69) is 44.1 Å². The second kappa shape index (κ2) is 6.53. The minimum absolute atomic E-state index is 0.723. The molecule has 18 heavy (non-hydrogen) atoms. The highest BCUT2D eigenvalue weighted by Gasteiger charge is 2.30. The van der Waals surface area contributed by atoms with Gasteiger partial charge in [0.2, 0.25) is 0 Å². The third-order valence-corrected chi connectivity index (χ3v) is 3.72. The number of anilines is 1. The monoisotopic (exact) mass is 311 g/mol. The smallest absolute Gasteiger partial charge is 0.133 e. The van der Waals surface area contributed by atoms with E-state index in [1.165, 1.54) is 37.1 Å². The molecule has 0 aromatic carbocycles. The van der Waals surface area contributed by atoms with Gasteiger partial charge in [-0.25, -0.2) is 4.98 Å². The Morgan fingerprint density at radius 1 is 1.50 bits per heavy atom. The fourth-order valence-corrected chi connectivity index (χ4v) is 2.61. The summed E-state index contributed by atoms with van der Waals surface area (Å²) in [6.07, 6.45) is 7.03. The molecule has 1 aromatic heterocycles. The van der Waals surface area contributed by atoms with Gasteiger partial charge >= 0.3 is 0 Å². The molecule has 0 radical (unpaired) electrons. The molecule has 0 amide bonds. The van der Waals surface area contributed by atoms with Crippen molar-refractivity contribution in [2.24, 2.45) is 0 Å². The predicted molar refractivity (Wildman–Crippen MR) is 80.0 cm³/mol. The minimum Gasteiger partial charge on any atom is -0.353 e. The number of pyridine rings is 1. The van der Waals surface area contributed by atoms with Gasteiger partial charge in [-0.1, -0.05) is 13.3 Å². The fourth-order valence-electron chi connectivity index (χ4n) is 2.23. The first-order chi connectivity index (χ1) is 8.76. The molecule has 0 atom stereocenters. The molecule has 0 bridgehead atoms. The van der Waals surface area contributed by atoms with Gasteiger partial charge < -0.3 is 10.2 Å². The molecular weight excluding hydrogens is 290 g/mol. The summed E-state index contributed by atoms with van der Waals surface area (Å²) in [6, 6.07) is 2.90. The summed E-state index contributed by atoms with van der Waals surface area (Å²) in [6.45, 7) is 4.25. The van der Waals surface area contributed by atoms with Gasteiger partial charge in [0.15, 0.2) is 0 Å². The van der Waals surface area contributed by atoms with Crippen LogP contribution in [0.15, 0.2) is 16.7 Å². The lowest BCUT2D eigenvalue weighted by atomic mass is 10.2. The van der Waals surface area contributed by atoms with E-state index in [1.807, 2.05) is 13.2 Å². The van der Waals surface area contributed by atoms with E-state index in [4.69, 9.17) is 0 Å². The van der Waals surface area contributed by atoms with Crippen LogP contribution in [-0.4, -0.2) is 24.6 Å². The zero-order valence-electron chi connectivity index (χ0n) is 11.2. The molecule has 3 nitrogen and oxygen atoms in total. The van der Waals surface area contributed by atoms with Crippen LogP contribution in [0.2, 0.25) is 0 Å². The van der Waals surface area contributed by atoms with Crippen molar-refractivity contribution >= 4 is 21.7 Å². The maximum Gasteiger partial charge on any atom is 0.133 e. The van der Waals surface area contributed by atoms with Crippen LogP contribution in [-0.2, 0) is 6.54 Å². The van der Waals surface area contributed by atoms with E-state index in [0.717, 1.165) is 23.6 Å². The molecule has 1 aliphatic carbocycles. The molecular formula is C14H22BrN3. The average molecular weight is 312 g/mol. The lowest BCUT2D eigenvalue weighted by Crippen LogP contribution is -2.29. The summed E-state index contributed by atoms with van der Waals surface area (Å²) in [7, 11) is 1.98. The maximum absolute atomic E-state index is 4.65. The van der Waals surface area contributed by atoms with Crippen LogP contribution in [0.4, 0.5) is 5.82 Å². The zero-order valence-corrected chi connectivity index (χ0v) is 12.8. The van der Waals surface area contributed by atoms with Crippen LogP contribution in [0.3, 0.4) is 0 Å². The van der Waals surface area contributed by atoms with Gasteiger partial charge in [-0.05, 0) is 48.3 Å². The Balaban J connectivity index is 2.21. The number of nitrogens with one attached hydrogen (secondary N) is 1. The number of unbranched alkanes of at least 4 members (excludes halogenated alkanes) is 1. The number of halogens is 1. The number of nitrogens with zero attached hydrogens (tertiary/aromatic N) is 2. The quantitative estimate of drug-likeness (QED) is 0.837. The zero-order chi connectivity index (χ0) is 13.0. The summed E-state index contributed by atoms with van der Waals surface area (Å²) in [5.41, 5.74) is 1.29. The Morgan fingerprint density at radius 2 is 2.28 bits per heavy atom. The van der Waals surface area contributed by atoms with Crippen molar-refractivity contribution in [2.45, 2.75) is 45.2 Å². The van der Waals surface area contributed by atoms with E-state index in [0.29, 0.717) is 0 Å². The Labute approximate surface area is 118 Å². The Kier molecular flexibility index (Phi) is 5.01. The number of hydrogen-bond donors (Lipinski definition) is 1. The van der Waals surface area contributed by atoms with Gasteiger partial charge in [0.05, 0.1) is 0 Å². The Morgan fingerprint density at radius 3 is 2.89 bits per heavy atom. The molecule has 1 saturated carbocycles. The fraction of sp³-hybridized carbons (Fsp3) is 0.643. The number of rotatable bonds is 7. The lowest BCUT2D eigenvalue weighted by molar-refractivity contribution is 0.694. The highest BCUT2D eigenvalue weighted by Crippen LogP contribution is 2.33. The molecule has 1 fully saturated rings. The molecule has 1 N–H and O–H groups in total. The van der Waals surface area contributed by atoms with E-state index in [9.17, 15) is 0 Å².